The highest BCUT2D eigenvalue weighted by atomic mass is 127. The summed E-state index contributed by atoms with van der Waals surface area (Å²) >= 11 is 3.82. The lowest BCUT2D eigenvalue weighted by molar-refractivity contribution is 0.102. The Bertz CT molecular complexity index is 635. The van der Waals surface area contributed by atoms with Crippen molar-refractivity contribution in [3.8, 4) is 0 Å². The molecular formula is C16H17IN2OS. The fourth-order valence-corrected chi connectivity index (χ4v) is 3.91. The van der Waals surface area contributed by atoms with Crippen LogP contribution in [0.25, 0.3) is 0 Å². The third-order valence-corrected chi connectivity index (χ3v) is 5.41. The quantitative estimate of drug-likeness (QED) is 0.764. The first-order chi connectivity index (χ1) is 10.2. The molecule has 0 radical (unpaired) electrons. The van der Waals surface area contributed by atoms with E-state index in [0.717, 1.165) is 20.7 Å². The number of halogens is 1. The van der Waals surface area contributed by atoms with Crippen LogP contribution in [0.2, 0.25) is 0 Å². The molecule has 0 atom stereocenters. The fraction of sp³-hybridized carbons (Fsp3) is 0.312. The summed E-state index contributed by atoms with van der Waals surface area (Å²) in [5.74, 6) is -0.0347. The number of carbonyl (C=O) groups excluding carboxylic acids is 1. The zero-order chi connectivity index (χ0) is 14.7. The summed E-state index contributed by atoms with van der Waals surface area (Å²) in [6.07, 6.45) is 2.60. The number of anilines is 1. The summed E-state index contributed by atoms with van der Waals surface area (Å²) in [5.41, 5.74) is 2.86. The van der Waals surface area contributed by atoms with Crippen molar-refractivity contribution in [2.24, 2.45) is 0 Å². The van der Waals surface area contributed by atoms with Crippen molar-refractivity contribution in [2.45, 2.75) is 19.4 Å². The number of likely N-dealkylation sites (tertiary alicyclic amines) is 1. The van der Waals surface area contributed by atoms with Crippen LogP contribution in [0.5, 0.6) is 0 Å². The van der Waals surface area contributed by atoms with Crippen molar-refractivity contribution in [1.29, 1.82) is 0 Å². The first-order valence-corrected chi connectivity index (χ1v) is 9.03. The van der Waals surface area contributed by atoms with Crippen molar-refractivity contribution in [2.75, 3.05) is 18.4 Å². The molecular weight excluding hydrogens is 395 g/mol. The van der Waals surface area contributed by atoms with E-state index in [-0.39, 0.29) is 5.91 Å². The predicted octanol–water partition coefficient (Wildman–Crippen LogP) is 4.20. The molecule has 1 fully saturated rings. The van der Waals surface area contributed by atoms with Crippen molar-refractivity contribution >= 4 is 45.5 Å². The van der Waals surface area contributed by atoms with Crippen LogP contribution in [-0.2, 0) is 6.54 Å². The molecule has 0 spiro atoms. The monoisotopic (exact) mass is 412 g/mol. The minimum Gasteiger partial charge on any atom is -0.322 e. The number of hydrogen-bond donors (Lipinski definition) is 1. The summed E-state index contributed by atoms with van der Waals surface area (Å²) in [6.45, 7) is 3.34. The Labute approximate surface area is 142 Å². The first-order valence-electron chi connectivity index (χ1n) is 7.07. The molecule has 5 heteroatoms. The van der Waals surface area contributed by atoms with E-state index in [1.165, 1.54) is 31.5 Å². The number of hydrogen-bond acceptors (Lipinski definition) is 3. The van der Waals surface area contributed by atoms with Crippen molar-refractivity contribution in [3.63, 3.8) is 0 Å². The van der Waals surface area contributed by atoms with Gasteiger partial charge < -0.3 is 5.32 Å². The Morgan fingerprint density at radius 2 is 2.10 bits per heavy atom. The third-order valence-electron chi connectivity index (χ3n) is 3.62. The lowest BCUT2D eigenvalue weighted by Crippen LogP contribution is -2.18. The van der Waals surface area contributed by atoms with E-state index < -0.39 is 0 Å². The van der Waals surface area contributed by atoms with Crippen LogP contribution in [-0.4, -0.2) is 23.9 Å². The largest absolute Gasteiger partial charge is 0.322 e. The number of thiophene rings is 1. The van der Waals surface area contributed by atoms with Crippen LogP contribution in [0, 0.1) is 2.88 Å². The molecule has 21 heavy (non-hydrogen) atoms. The summed E-state index contributed by atoms with van der Waals surface area (Å²) in [5, 5.41) is 4.88. The highest BCUT2D eigenvalue weighted by Gasteiger charge is 2.12. The molecule has 0 saturated carbocycles. The lowest BCUT2D eigenvalue weighted by atomic mass is 10.2. The number of rotatable bonds is 4. The Kier molecular flexibility index (Phi) is 4.92. The van der Waals surface area contributed by atoms with E-state index in [1.54, 1.807) is 11.3 Å². The van der Waals surface area contributed by atoms with E-state index in [1.807, 2.05) is 23.6 Å². The molecule has 3 nitrogen and oxygen atoms in total. The van der Waals surface area contributed by atoms with Crippen LogP contribution in [0.4, 0.5) is 5.69 Å². The SMILES string of the molecule is O=C(Nc1cccc(CN2CCCC2)c1)c1csc(I)c1. The molecule has 1 amide bonds. The molecule has 1 saturated heterocycles. The molecule has 0 bridgehead atoms. The number of carbonyl (C=O) groups is 1. The maximum atomic E-state index is 12.2. The molecule has 3 rings (SSSR count). The predicted molar refractivity (Wildman–Crippen MR) is 95.9 cm³/mol. The summed E-state index contributed by atoms with van der Waals surface area (Å²) in [6, 6.07) is 10.1. The second kappa shape index (κ2) is 6.89. The molecule has 1 aliphatic rings. The summed E-state index contributed by atoms with van der Waals surface area (Å²) < 4.78 is 1.13. The minimum atomic E-state index is -0.0347. The number of nitrogens with zero attached hydrogens (tertiary/aromatic N) is 1. The van der Waals surface area contributed by atoms with Gasteiger partial charge in [0.1, 0.15) is 0 Å². The molecule has 2 heterocycles. The molecule has 2 aromatic rings. The molecule has 110 valence electrons. The lowest BCUT2D eigenvalue weighted by Gasteiger charge is -2.15. The van der Waals surface area contributed by atoms with Crippen molar-refractivity contribution < 1.29 is 4.79 Å². The zero-order valence-electron chi connectivity index (χ0n) is 11.6. The van der Waals surface area contributed by atoms with Crippen LogP contribution >= 0.6 is 33.9 Å². The van der Waals surface area contributed by atoms with Gasteiger partial charge in [0, 0.05) is 17.6 Å². The highest BCUT2D eigenvalue weighted by Crippen LogP contribution is 2.19. The average Bonchev–Trinajstić information content (AvgIpc) is 3.11. The molecule has 1 aliphatic heterocycles. The van der Waals surface area contributed by atoms with Crippen LogP contribution < -0.4 is 5.32 Å². The number of amides is 1. The van der Waals surface area contributed by atoms with Crippen molar-refractivity contribution in [1.82, 2.24) is 4.90 Å². The van der Waals surface area contributed by atoms with Crippen molar-refractivity contribution in [3.05, 3.63) is 49.7 Å². The van der Waals surface area contributed by atoms with Gasteiger partial charge in [-0.25, -0.2) is 0 Å². The third kappa shape index (κ3) is 4.05. The average molecular weight is 412 g/mol. The smallest absolute Gasteiger partial charge is 0.256 e. The topological polar surface area (TPSA) is 32.3 Å². The van der Waals surface area contributed by atoms with E-state index in [4.69, 9.17) is 0 Å². The summed E-state index contributed by atoms with van der Waals surface area (Å²) in [7, 11) is 0. The van der Waals surface area contributed by atoms with Crippen LogP contribution in [0.1, 0.15) is 28.8 Å². The Morgan fingerprint density at radius 3 is 2.81 bits per heavy atom. The second-order valence-electron chi connectivity index (χ2n) is 5.28. The summed E-state index contributed by atoms with van der Waals surface area (Å²) in [4.78, 5) is 14.6. The highest BCUT2D eigenvalue weighted by molar-refractivity contribution is 14.1. The van der Waals surface area contributed by atoms with Gasteiger partial charge in [-0.3, -0.25) is 9.69 Å². The Hall–Kier alpha value is -0.920. The van der Waals surface area contributed by atoms with Crippen LogP contribution in [0.15, 0.2) is 35.7 Å². The maximum Gasteiger partial charge on any atom is 0.256 e. The zero-order valence-corrected chi connectivity index (χ0v) is 14.6. The van der Waals surface area contributed by atoms with Crippen LogP contribution in [0.3, 0.4) is 0 Å². The van der Waals surface area contributed by atoms with E-state index in [2.05, 4.69) is 44.9 Å². The Morgan fingerprint density at radius 1 is 1.29 bits per heavy atom. The van der Waals surface area contributed by atoms with E-state index >= 15 is 0 Å². The molecule has 0 unspecified atom stereocenters. The fourth-order valence-electron chi connectivity index (χ4n) is 2.58. The number of benzene rings is 1. The van der Waals surface area contributed by atoms with Gasteiger partial charge in [0.05, 0.1) is 8.45 Å². The first kappa shape index (κ1) is 15.0. The van der Waals surface area contributed by atoms with Gasteiger partial charge in [-0.2, -0.15) is 0 Å². The minimum absolute atomic E-state index is 0.0347. The molecule has 0 aliphatic carbocycles. The van der Waals surface area contributed by atoms with Gasteiger partial charge in [-0.05, 0) is 72.3 Å². The van der Waals surface area contributed by atoms with Gasteiger partial charge in [-0.15, -0.1) is 11.3 Å². The molecule has 1 aromatic carbocycles. The van der Waals surface area contributed by atoms with Gasteiger partial charge >= 0.3 is 0 Å². The Balaban J connectivity index is 1.66. The van der Waals surface area contributed by atoms with E-state index in [0.29, 0.717) is 0 Å². The maximum absolute atomic E-state index is 12.2. The van der Waals surface area contributed by atoms with Gasteiger partial charge in [-0.1, -0.05) is 12.1 Å². The molecule has 1 aromatic heterocycles. The van der Waals surface area contributed by atoms with E-state index in [9.17, 15) is 4.79 Å². The normalized spacial score (nSPS) is 15.3. The standard InChI is InChI=1S/C16H17IN2OS/c17-15-9-13(11-21-15)16(20)18-14-5-3-4-12(8-14)10-19-6-1-2-7-19/h3-5,8-9,11H,1-2,6-7,10H2,(H,18,20). The second-order valence-corrected chi connectivity index (χ2v) is 8.08. The van der Waals surface area contributed by atoms with Gasteiger partial charge in [0.2, 0.25) is 0 Å². The van der Waals surface area contributed by atoms with Gasteiger partial charge in [0.25, 0.3) is 5.91 Å². The number of nitrogens with one attached hydrogen (secondary N) is 1. The van der Waals surface area contributed by atoms with Gasteiger partial charge in [0.15, 0.2) is 0 Å². The molecule has 1 N–H and O–H groups in total.